The summed E-state index contributed by atoms with van der Waals surface area (Å²) in [7, 11) is 0. The first-order valence-electron chi connectivity index (χ1n) is 5.89. The molecule has 2 aliphatic rings. The zero-order valence-corrected chi connectivity index (χ0v) is 11.1. The number of rotatable bonds is 3. The second-order valence-corrected chi connectivity index (χ2v) is 6.90. The van der Waals surface area contributed by atoms with Gasteiger partial charge >= 0.3 is 0 Å². The second-order valence-electron chi connectivity index (χ2n) is 5.94. The molecule has 0 atom stereocenters. The maximum absolute atomic E-state index is 4.74. The number of hydrogen-bond acceptors (Lipinski definition) is 2. The number of aliphatic imine (C=N–C) groups is 1. The van der Waals surface area contributed by atoms with Crippen LogP contribution in [-0.4, -0.2) is 23.0 Å². The van der Waals surface area contributed by atoms with E-state index in [1.165, 1.54) is 12.8 Å². The van der Waals surface area contributed by atoms with E-state index in [2.05, 4.69) is 33.0 Å². The molecule has 2 fully saturated rings. The van der Waals surface area contributed by atoms with Gasteiger partial charge in [0.05, 0.1) is 0 Å². The molecule has 0 amide bonds. The van der Waals surface area contributed by atoms with Gasteiger partial charge < -0.3 is 5.32 Å². The third-order valence-electron chi connectivity index (χ3n) is 3.67. The fourth-order valence-electron chi connectivity index (χ4n) is 2.00. The lowest BCUT2D eigenvalue weighted by Crippen LogP contribution is -2.37. The van der Waals surface area contributed by atoms with Crippen LogP contribution in [0.4, 0.5) is 0 Å². The molecule has 86 valence electrons. The first kappa shape index (κ1) is 11.3. The Hall–Kier alpha value is -0.180. The first-order chi connectivity index (χ1) is 6.94. The monoisotopic (exact) mass is 226 g/mol. The van der Waals surface area contributed by atoms with Crippen LogP contribution in [-0.2, 0) is 0 Å². The summed E-state index contributed by atoms with van der Waals surface area (Å²) in [6.45, 7) is 10.1. The Morgan fingerprint density at radius 2 is 2.07 bits per heavy atom. The normalized spacial score (nSPS) is 29.5. The Morgan fingerprint density at radius 1 is 1.40 bits per heavy atom. The SMILES string of the molecule is CC(C)C1(CN=C2NC(C)(C)CS2)CC1. The molecule has 0 aromatic carbocycles. The zero-order valence-electron chi connectivity index (χ0n) is 10.3. The van der Waals surface area contributed by atoms with E-state index in [1.54, 1.807) is 0 Å². The van der Waals surface area contributed by atoms with Crippen molar-refractivity contribution in [1.29, 1.82) is 0 Å². The summed E-state index contributed by atoms with van der Waals surface area (Å²) in [4.78, 5) is 4.74. The third-order valence-corrected chi connectivity index (χ3v) is 5.04. The molecular weight excluding hydrogens is 204 g/mol. The number of hydrogen-bond donors (Lipinski definition) is 1. The summed E-state index contributed by atoms with van der Waals surface area (Å²) < 4.78 is 0. The third kappa shape index (κ3) is 2.49. The van der Waals surface area contributed by atoms with Crippen LogP contribution >= 0.6 is 11.8 Å². The van der Waals surface area contributed by atoms with E-state index in [9.17, 15) is 0 Å². The van der Waals surface area contributed by atoms with Crippen molar-refractivity contribution in [1.82, 2.24) is 5.32 Å². The molecule has 3 heteroatoms. The van der Waals surface area contributed by atoms with Gasteiger partial charge in [0.2, 0.25) is 0 Å². The molecule has 2 nitrogen and oxygen atoms in total. The smallest absolute Gasteiger partial charge is 0.157 e. The van der Waals surface area contributed by atoms with Crippen molar-refractivity contribution in [2.75, 3.05) is 12.3 Å². The molecule has 1 saturated heterocycles. The zero-order chi connectivity index (χ0) is 11.1. The van der Waals surface area contributed by atoms with Gasteiger partial charge in [0, 0.05) is 17.8 Å². The molecule has 1 saturated carbocycles. The molecule has 0 aromatic rings. The highest BCUT2D eigenvalue weighted by Gasteiger charge is 2.45. The minimum absolute atomic E-state index is 0.234. The summed E-state index contributed by atoms with van der Waals surface area (Å²) in [5.41, 5.74) is 0.778. The number of nitrogens with zero attached hydrogens (tertiary/aromatic N) is 1. The summed E-state index contributed by atoms with van der Waals surface area (Å²) >= 11 is 1.87. The Morgan fingerprint density at radius 3 is 2.47 bits per heavy atom. The van der Waals surface area contributed by atoms with Gasteiger partial charge in [-0.25, -0.2) is 0 Å². The Balaban J connectivity index is 1.90. The molecule has 0 radical (unpaired) electrons. The quantitative estimate of drug-likeness (QED) is 0.800. The highest BCUT2D eigenvalue weighted by molar-refractivity contribution is 8.14. The standard InChI is InChI=1S/C12H22N2S/c1-9(2)12(5-6-12)7-13-10-14-11(3,4)8-15-10/h9H,5-8H2,1-4H3,(H,13,14). The van der Waals surface area contributed by atoms with Crippen molar-refractivity contribution in [3.05, 3.63) is 0 Å². The average molecular weight is 226 g/mol. The maximum atomic E-state index is 4.74. The molecule has 1 aliphatic carbocycles. The summed E-state index contributed by atoms with van der Waals surface area (Å²) in [5.74, 6) is 1.92. The van der Waals surface area contributed by atoms with Crippen molar-refractivity contribution in [2.45, 2.75) is 46.1 Å². The van der Waals surface area contributed by atoms with E-state index in [4.69, 9.17) is 4.99 Å². The van der Waals surface area contributed by atoms with Crippen LogP contribution in [0.5, 0.6) is 0 Å². The lowest BCUT2D eigenvalue weighted by molar-refractivity contribution is 0.370. The fraction of sp³-hybridized carbons (Fsp3) is 0.917. The Labute approximate surface area is 97.3 Å². The predicted octanol–water partition coefficient (Wildman–Crippen LogP) is 2.89. The van der Waals surface area contributed by atoms with Gasteiger partial charge in [-0.3, -0.25) is 4.99 Å². The highest BCUT2D eigenvalue weighted by atomic mass is 32.2. The van der Waals surface area contributed by atoms with Gasteiger partial charge in [0.25, 0.3) is 0 Å². The molecular formula is C12H22N2S. The van der Waals surface area contributed by atoms with Gasteiger partial charge in [0.1, 0.15) is 0 Å². The van der Waals surface area contributed by atoms with Crippen molar-refractivity contribution in [3.8, 4) is 0 Å². The van der Waals surface area contributed by atoms with Crippen LogP contribution in [0.15, 0.2) is 4.99 Å². The van der Waals surface area contributed by atoms with E-state index in [0.717, 1.165) is 23.4 Å². The molecule has 15 heavy (non-hydrogen) atoms. The Bertz CT molecular complexity index is 277. The van der Waals surface area contributed by atoms with Crippen LogP contribution in [0.1, 0.15) is 40.5 Å². The van der Waals surface area contributed by atoms with Crippen LogP contribution < -0.4 is 5.32 Å². The average Bonchev–Trinajstić information content (AvgIpc) is 2.84. The van der Waals surface area contributed by atoms with Gasteiger partial charge in [-0.2, -0.15) is 0 Å². The van der Waals surface area contributed by atoms with Crippen molar-refractivity contribution >= 4 is 16.9 Å². The molecule has 1 aliphatic heterocycles. The van der Waals surface area contributed by atoms with Crippen LogP contribution in [0.2, 0.25) is 0 Å². The van der Waals surface area contributed by atoms with Gasteiger partial charge in [0.15, 0.2) is 5.17 Å². The Kier molecular flexibility index (Phi) is 2.78. The molecule has 0 bridgehead atoms. The summed E-state index contributed by atoms with van der Waals surface area (Å²) in [6.07, 6.45) is 2.74. The van der Waals surface area contributed by atoms with Crippen LogP contribution in [0, 0.1) is 11.3 Å². The van der Waals surface area contributed by atoms with Crippen molar-refractivity contribution < 1.29 is 0 Å². The number of amidine groups is 1. The first-order valence-corrected chi connectivity index (χ1v) is 6.88. The molecule has 1 heterocycles. The minimum Gasteiger partial charge on any atom is -0.359 e. The van der Waals surface area contributed by atoms with E-state index >= 15 is 0 Å². The van der Waals surface area contributed by atoms with Gasteiger partial charge in [-0.1, -0.05) is 25.6 Å². The molecule has 0 unspecified atom stereocenters. The van der Waals surface area contributed by atoms with E-state index < -0.39 is 0 Å². The number of nitrogens with one attached hydrogen (secondary N) is 1. The lowest BCUT2D eigenvalue weighted by Gasteiger charge is -2.18. The highest BCUT2D eigenvalue weighted by Crippen LogP contribution is 2.52. The van der Waals surface area contributed by atoms with Crippen LogP contribution in [0.25, 0.3) is 0 Å². The van der Waals surface area contributed by atoms with E-state index in [-0.39, 0.29) is 5.54 Å². The van der Waals surface area contributed by atoms with Crippen molar-refractivity contribution in [2.24, 2.45) is 16.3 Å². The minimum atomic E-state index is 0.234. The summed E-state index contributed by atoms with van der Waals surface area (Å²) in [5, 5.41) is 4.64. The predicted molar refractivity (Wildman–Crippen MR) is 68.5 cm³/mol. The molecule has 0 aromatic heterocycles. The topological polar surface area (TPSA) is 24.4 Å². The van der Waals surface area contributed by atoms with Crippen molar-refractivity contribution in [3.63, 3.8) is 0 Å². The summed E-state index contributed by atoms with van der Waals surface area (Å²) in [6, 6.07) is 0. The maximum Gasteiger partial charge on any atom is 0.157 e. The van der Waals surface area contributed by atoms with Gasteiger partial charge in [-0.05, 0) is 38.0 Å². The fourth-order valence-corrected chi connectivity index (χ4v) is 3.08. The largest absolute Gasteiger partial charge is 0.359 e. The molecule has 2 rings (SSSR count). The van der Waals surface area contributed by atoms with Crippen LogP contribution in [0.3, 0.4) is 0 Å². The van der Waals surface area contributed by atoms with Gasteiger partial charge in [-0.15, -0.1) is 0 Å². The lowest BCUT2D eigenvalue weighted by atomic mass is 9.93. The molecule has 1 N–H and O–H groups in total. The second kappa shape index (κ2) is 3.69. The van der Waals surface area contributed by atoms with E-state index in [1.807, 2.05) is 11.8 Å². The number of thioether (sulfide) groups is 1. The molecule has 0 spiro atoms. The van der Waals surface area contributed by atoms with E-state index in [0.29, 0.717) is 5.41 Å².